The van der Waals surface area contributed by atoms with Gasteiger partial charge in [-0.15, -0.1) is 0 Å². The third-order valence-electron chi connectivity index (χ3n) is 5.41. The summed E-state index contributed by atoms with van der Waals surface area (Å²) in [5.41, 5.74) is 6.66. The first-order valence-corrected chi connectivity index (χ1v) is 12.1. The monoisotopic (exact) mass is 504 g/mol. The molecule has 0 aromatic heterocycles. The summed E-state index contributed by atoms with van der Waals surface area (Å²) < 4.78 is 10.8. The minimum absolute atomic E-state index is 0.102. The van der Waals surface area contributed by atoms with E-state index in [2.05, 4.69) is 5.32 Å². The third kappa shape index (κ3) is 8.06. The average molecular weight is 505 g/mol. The Bertz CT molecular complexity index is 1070. The van der Waals surface area contributed by atoms with Crippen LogP contribution in [0.15, 0.2) is 54.6 Å². The van der Waals surface area contributed by atoms with Crippen LogP contribution in [0.25, 0.3) is 10.8 Å². The molecule has 0 radical (unpaired) electrons. The number of hydrogen-bond acceptors (Lipinski definition) is 6. The van der Waals surface area contributed by atoms with Gasteiger partial charge >= 0.3 is 5.97 Å². The van der Waals surface area contributed by atoms with Gasteiger partial charge < -0.3 is 25.6 Å². The summed E-state index contributed by atoms with van der Waals surface area (Å²) in [5, 5.41) is 16.4. The molecule has 0 saturated carbocycles. The zero-order valence-electron chi connectivity index (χ0n) is 18.9. The van der Waals surface area contributed by atoms with E-state index in [1.165, 1.54) is 0 Å². The number of nitrogens with one attached hydrogen (secondary N) is 1. The molecular formula is C26H30Cl2N2O4. The van der Waals surface area contributed by atoms with Crippen molar-refractivity contribution in [2.75, 3.05) is 32.0 Å². The molecule has 0 aliphatic heterocycles. The lowest BCUT2D eigenvalue weighted by Crippen LogP contribution is -2.22. The first-order chi connectivity index (χ1) is 16.4. The van der Waals surface area contributed by atoms with E-state index in [1.807, 2.05) is 42.5 Å². The number of hydrogen-bond donors (Lipinski definition) is 3. The number of fused-ring (bicyclic) bond motifs is 1. The molecule has 4 N–H and O–H groups in total. The van der Waals surface area contributed by atoms with Gasteiger partial charge in [-0.2, -0.15) is 0 Å². The van der Waals surface area contributed by atoms with Crippen molar-refractivity contribution in [3.05, 3.63) is 70.2 Å². The fourth-order valence-corrected chi connectivity index (χ4v) is 3.99. The van der Waals surface area contributed by atoms with Crippen LogP contribution in [-0.2, 0) is 9.53 Å². The van der Waals surface area contributed by atoms with Gasteiger partial charge in [0.05, 0.1) is 28.4 Å². The second-order valence-electron chi connectivity index (χ2n) is 8.05. The Kier molecular flexibility index (Phi) is 10.3. The summed E-state index contributed by atoms with van der Waals surface area (Å²) in [6.45, 7) is 1.44. The van der Waals surface area contributed by atoms with Gasteiger partial charge in [-0.3, -0.25) is 0 Å². The minimum Gasteiger partial charge on any atom is -0.482 e. The second kappa shape index (κ2) is 13.4. The van der Waals surface area contributed by atoms with Crippen LogP contribution in [-0.4, -0.2) is 37.4 Å². The van der Waals surface area contributed by atoms with Crippen molar-refractivity contribution >= 4 is 45.6 Å². The molecule has 3 aromatic rings. The Morgan fingerprint density at radius 2 is 1.68 bits per heavy atom. The largest absolute Gasteiger partial charge is 0.482 e. The fraction of sp³-hybridized carbons (Fsp3) is 0.346. The molecule has 34 heavy (non-hydrogen) atoms. The van der Waals surface area contributed by atoms with Crippen molar-refractivity contribution in [3.63, 3.8) is 0 Å². The molecule has 3 rings (SSSR count). The van der Waals surface area contributed by atoms with E-state index in [4.69, 9.17) is 38.4 Å². The molecule has 0 heterocycles. The number of benzene rings is 3. The lowest BCUT2D eigenvalue weighted by molar-refractivity contribution is -0.146. The molecule has 182 valence electrons. The average Bonchev–Trinajstić information content (AvgIpc) is 2.84. The zero-order valence-corrected chi connectivity index (χ0v) is 20.4. The summed E-state index contributed by atoms with van der Waals surface area (Å²) >= 11 is 12.0. The number of nitrogens with two attached hydrogens (primary N) is 1. The molecule has 6 nitrogen and oxygen atoms in total. The maximum atomic E-state index is 11.9. The Hall–Kier alpha value is -2.51. The summed E-state index contributed by atoms with van der Waals surface area (Å²) in [5.74, 6) is 0.280. The highest BCUT2D eigenvalue weighted by Gasteiger charge is 2.12. The van der Waals surface area contributed by atoms with E-state index in [0.717, 1.165) is 43.0 Å². The van der Waals surface area contributed by atoms with Crippen LogP contribution >= 0.6 is 23.2 Å². The molecule has 0 spiro atoms. The van der Waals surface area contributed by atoms with E-state index in [0.29, 0.717) is 40.2 Å². The number of carbonyl (C=O) groups is 1. The molecule has 0 bridgehead atoms. The summed E-state index contributed by atoms with van der Waals surface area (Å²) in [6.07, 6.45) is 2.98. The summed E-state index contributed by atoms with van der Waals surface area (Å²) in [4.78, 5) is 11.9. The second-order valence-corrected chi connectivity index (χ2v) is 8.86. The van der Waals surface area contributed by atoms with Crippen LogP contribution in [0.5, 0.6) is 5.75 Å². The van der Waals surface area contributed by atoms with E-state index >= 15 is 0 Å². The predicted octanol–water partition coefficient (Wildman–Crippen LogP) is 5.53. The van der Waals surface area contributed by atoms with Gasteiger partial charge in [0.15, 0.2) is 6.61 Å². The van der Waals surface area contributed by atoms with E-state index in [-0.39, 0.29) is 12.6 Å². The highest BCUT2D eigenvalue weighted by Crippen LogP contribution is 2.31. The molecule has 0 aliphatic rings. The van der Waals surface area contributed by atoms with Crippen LogP contribution in [0.2, 0.25) is 10.0 Å². The first kappa shape index (κ1) is 26.1. The molecule has 0 fully saturated rings. The molecule has 3 aromatic carbocycles. The Morgan fingerprint density at radius 3 is 2.44 bits per heavy atom. The number of anilines is 1. The first-order valence-electron chi connectivity index (χ1n) is 11.3. The highest BCUT2D eigenvalue weighted by molar-refractivity contribution is 6.38. The maximum absolute atomic E-state index is 11.9. The van der Waals surface area contributed by atoms with Crippen LogP contribution in [0, 0.1) is 0 Å². The SMILES string of the molecule is Nc1c(Cl)cc(C(O)CNCCCCCCOC(=O)COc2ccc3ccccc3c2)cc1Cl. The van der Waals surface area contributed by atoms with Gasteiger partial charge in [-0.1, -0.05) is 66.4 Å². The van der Waals surface area contributed by atoms with Crippen LogP contribution in [0.1, 0.15) is 37.4 Å². The quantitative estimate of drug-likeness (QED) is 0.161. The number of rotatable bonds is 13. The number of aliphatic hydroxyl groups is 1. The summed E-state index contributed by atoms with van der Waals surface area (Å²) in [6, 6.07) is 17.0. The van der Waals surface area contributed by atoms with Crippen LogP contribution < -0.4 is 15.8 Å². The van der Waals surface area contributed by atoms with Crippen LogP contribution in [0.3, 0.4) is 0 Å². The maximum Gasteiger partial charge on any atom is 0.344 e. The van der Waals surface area contributed by atoms with Crippen molar-refractivity contribution in [1.82, 2.24) is 5.32 Å². The topological polar surface area (TPSA) is 93.8 Å². The van der Waals surface area contributed by atoms with E-state index < -0.39 is 6.10 Å². The van der Waals surface area contributed by atoms with E-state index in [9.17, 15) is 9.90 Å². The molecular weight excluding hydrogens is 475 g/mol. The Labute approximate surface area is 209 Å². The molecule has 0 amide bonds. The van der Waals surface area contributed by atoms with Gasteiger partial charge in [0.2, 0.25) is 0 Å². The smallest absolute Gasteiger partial charge is 0.344 e. The highest BCUT2D eigenvalue weighted by atomic mass is 35.5. The molecule has 0 aliphatic carbocycles. The van der Waals surface area contributed by atoms with Gasteiger partial charge in [-0.25, -0.2) is 4.79 Å². The molecule has 8 heteroatoms. The Morgan fingerprint density at radius 1 is 0.971 bits per heavy atom. The number of halogens is 2. The van der Waals surface area contributed by atoms with E-state index in [1.54, 1.807) is 12.1 Å². The van der Waals surface area contributed by atoms with Crippen LogP contribution in [0.4, 0.5) is 5.69 Å². The van der Waals surface area contributed by atoms with Gasteiger partial charge in [0, 0.05) is 6.54 Å². The number of unbranched alkanes of at least 4 members (excludes halogenated alkanes) is 3. The molecule has 0 saturated heterocycles. The normalized spacial score (nSPS) is 12.0. The van der Waals surface area contributed by atoms with Gasteiger partial charge in [0.1, 0.15) is 5.75 Å². The van der Waals surface area contributed by atoms with Crippen molar-refractivity contribution in [2.45, 2.75) is 31.8 Å². The zero-order chi connectivity index (χ0) is 24.3. The number of esters is 1. The van der Waals surface area contributed by atoms with Crippen molar-refractivity contribution in [3.8, 4) is 5.75 Å². The fourth-order valence-electron chi connectivity index (χ4n) is 3.49. The molecule has 1 atom stereocenters. The number of ether oxygens (including phenoxy) is 2. The standard InChI is InChI=1S/C26H30Cl2N2O4/c27-22-14-20(15-23(28)26(22)29)24(31)16-30-11-5-1-2-6-12-33-25(32)17-34-21-10-9-18-7-3-4-8-19(18)13-21/h3-4,7-10,13-15,24,30-31H,1-2,5-6,11-12,16-17,29H2. The third-order valence-corrected chi connectivity index (χ3v) is 6.04. The summed E-state index contributed by atoms with van der Waals surface area (Å²) in [7, 11) is 0. The minimum atomic E-state index is -0.716. The predicted molar refractivity (Wildman–Crippen MR) is 138 cm³/mol. The lowest BCUT2D eigenvalue weighted by atomic mass is 10.1. The Balaban J connectivity index is 1.21. The molecule has 1 unspecified atom stereocenters. The number of carbonyl (C=O) groups excluding carboxylic acids is 1. The number of nitrogen functional groups attached to an aromatic ring is 1. The van der Waals surface area contributed by atoms with Crippen molar-refractivity contribution in [2.24, 2.45) is 0 Å². The van der Waals surface area contributed by atoms with Crippen molar-refractivity contribution < 1.29 is 19.4 Å². The number of aliphatic hydroxyl groups excluding tert-OH is 1. The lowest BCUT2D eigenvalue weighted by Gasteiger charge is -2.14. The van der Waals surface area contributed by atoms with Gasteiger partial charge in [-0.05, 0) is 60.0 Å². The van der Waals surface area contributed by atoms with Crippen molar-refractivity contribution in [1.29, 1.82) is 0 Å². The van der Waals surface area contributed by atoms with Gasteiger partial charge in [0.25, 0.3) is 0 Å².